The topological polar surface area (TPSA) is 112 Å². The second-order valence-corrected chi connectivity index (χ2v) is 12.3. The first-order valence-corrected chi connectivity index (χ1v) is 16.2. The van der Waals surface area contributed by atoms with Crippen LogP contribution in [-0.2, 0) is 14.4 Å². The van der Waals surface area contributed by atoms with Crippen molar-refractivity contribution < 1.29 is 34.2 Å². The summed E-state index contributed by atoms with van der Waals surface area (Å²) in [6.07, 6.45) is 23.5. The van der Waals surface area contributed by atoms with Gasteiger partial charge >= 0.3 is 17.9 Å². The molecule has 0 heterocycles. The van der Waals surface area contributed by atoms with E-state index in [1.54, 1.807) is 20.8 Å². The van der Waals surface area contributed by atoms with Gasteiger partial charge in [0.15, 0.2) is 0 Å². The van der Waals surface area contributed by atoms with E-state index in [1.165, 1.54) is 64.2 Å². The molecule has 0 rings (SSSR count). The first kappa shape index (κ1) is 38.1. The van der Waals surface area contributed by atoms with Crippen LogP contribution in [0.15, 0.2) is 12.2 Å². The summed E-state index contributed by atoms with van der Waals surface area (Å²) in [6.45, 7) is 10.1. The second-order valence-electron chi connectivity index (χ2n) is 12.3. The van der Waals surface area contributed by atoms with Gasteiger partial charge in [0, 0.05) is 19.3 Å². The second kappa shape index (κ2) is 23.8. The fraction of sp³-hybridized carbons (Fsp3) is 0.848. The van der Waals surface area contributed by atoms with Gasteiger partial charge in [0.1, 0.15) is 0 Å². The van der Waals surface area contributed by atoms with Crippen LogP contribution in [0.25, 0.3) is 0 Å². The molecule has 0 aromatic rings. The number of allylic oxidation sites excluding steroid dienone is 2. The maximum Gasteiger partial charge on any atom is 0.306 e. The van der Waals surface area contributed by atoms with Crippen LogP contribution in [0.3, 0.4) is 0 Å². The summed E-state index contributed by atoms with van der Waals surface area (Å²) in [5.41, 5.74) is 0. The largest absolute Gasteiger partial charge is 0.481 e. The van der Waals surface area contributed by atoms with Gasteiger partial charge in [-0.15, -0.1) is 0 Å². The number of rotatable bonds is 28. The van der Waals surface area contributed by atoms with Crippen LogP contribution in [-0.4, -0.2) is 63.9 Å². The number of carboxylic acids is 3. The Morgan fingerprint density at radius 2 is 0.850 bits per heavy atom. The van der Waals surface area contributed by atoms with Crippen LogP contribution in [0.1, 0.15) is 137 Å². The fourth-order valence-electron chi connectivity index (χ4n) is 5.14. The highest BCUT2D eigenvalue weighted by molar-refractivity contribution is 5.70. The molecule has 234 valence electrons. The first-order valence-electron chi connectivity index (χ1n) is 16.2. The molecule has 0 bridgehead atoms. The molecule has 40 heavy (non-hydrogen) atoms. The molecule has 0 aliphatic rings. The predicted octanol–water partition coefficient (Wildman–Crippen LogP) is 8.17. The van der Waals surface area contributed by atoms with Crippen LogP contribution < -0.4 is 0 Å². The molecule has 0 saturated carbocycles. The third kappa shape index (κ3) is 20.1. The summed E-state index contributed by atoms with van der Waals surface area (Å²) >= 11 is 0. The van der Waals surface area contributed by atoms with E-state index in [9.17, 15) is 29.7 Å². The molecule has 0 aromatic heterocycles. The molecule has 3 atom stereocenters. The molecule has 7 heteroatoms. The van der Waals surface area contributed by atoms with Crippen molar-refractivity contribution in [1.29, 1.82) is 0 Å². The average Bonchev–Trinajstić information content (AvgIpc) is 2.92. The maximum absolute atomic E-state index is 11.5. The third-order valence-electron chi connectivity index (χ3n) is 8.52. The Hall–Kier alpha value is -1.89. The van der Waals surface area contributed by atoms with Gasteiger partial charge in [-0.25, -0.2) is 0 Å². The highest BCUT2D eigenvalue weighted by atomic mass is 16.4. The number of carbonyl (C=O) groups is 3. The van der Waals surface area contributed by atoms with Crippen molar-refractivity contribution in [3.8, 4) is 0 Å². The molecule has 0 aliphatic carbocycles. The third-order valence-corrected chi connectivity index (χ3v) is 8.52. The van der Waals surface area contributed by atoms with Gasteiger partial charge < -0.3 is 19.8 Å². The highest BCUT2D eigenvalue weighted by Gasteiger charge is 2.31. The average molecular weight is 569 g/mol. The Labute approximate surface area is 245 Å². The molecule has 3 unspecified atom stereocenters. The maximum atomic E-state index is 11.5. The lowest BCUT2D eigenvalue weighted by Crippen LogP contribution is -2.52. The zero-order chi connectivity index (χ0) is 30.2. The van der Waals surface area contributed by atoms with E-state index < -0.39 is 35.7 Å². The number of unbranched alkanes of at least 4 members (excludes halogenated alkanes) is 12. The predicted molar refractivity (Wildman–Crippen MR) is 163 cm³/mol. The minimum absolute atomic E-state index is 0.481. The number of nitrogens with zero attached hydrogens (tertiary/aromatic N) is 1. The molecule has 0 spiro atoms. The van der Waals surface area contributed by atoms with Gasteiger partial charge in [-0.2, -0.15) is 0 Å². The Morgan fingerprint density at radius 1 is 0.525 bits per heavy atom. The summed E-state index contributed by atoms with van der Waals surface area (Å²) < 4.78 is 0.605. The number of carboxylic acid groups (broad SMARTS) is 3. The Bertz CT molecular complexity index is 647. The fourth-order valence-corrected chi connectivity index (χ4v) is 5.14. The van der Waals surface area contributed by atoms with Crippen molar-refractivity contribution >= 4 is 17.9 Å². The van der Waals surface area contributed by atoms with Crippen molar-refractivity contribution in [3.05, 3.63) is 12.2 Å². The minimum Gasteiger partial charge on any atom is -0.481 e. The van der Waals surface area contributed by atoms with Crippen molar-refractivity contribution in [2.45, 2.75) is 137 Å². The van der Waals surface area contributed by atoms with E-state index in [0.29, 0.717) is 43.4 Å². The molecule has 0 aliphatic heterocycles. The van der Waals surface area contributed by atoms with Crippen molar-refractivity contribution in [3.63, 3.8) is 0 Å². The SMILES string of the molecule is CCCCCCCCC/C=C/CCCCCCC[N+](CCC(C)C(=O)O)(CCC(C)C(=O)O)CCC(C)C(=O)O. The monoisotopic (exact) mass is 568 g/mol. The minimum atomic E-state index is -0.827. The van der Waals surface area contributed by atoms with E-state index in [-0.39, 0.29) is 0 Å². The molecule has 0 aromatic carbocycles. The van der Waals surface area contributed by atoms with E-state index >= 15 is 0 Å². The lowest BCUT2D eigenvalue weighted by molar-refractivity contribution is -0.929. The smallest absolute Gasteiger partial charge is 0.306 e. The summed E-state index contributed by atoms with van der Waals surface area (Å²) in [5.74, 6) is -3.92. The van der Waals surface area contributed by atoms with Gasteiger partial charge in [-0.05, 0) is 38.5 Å². The molecular formula is C33H62NO6+. The first-order chi connectivity index (χ1) is 19.0. The molecule has 3 N–H and O–H groups in total. The normalized spacial score (nSPS) is 15.5. The van der Waals surface area contributed by atoms with Gasteiger partial charge in [0.05, 0.1) is 43.9 Å². The Morgan fingerprint density at radius 3 is 1.20 bits per heavy atom. The summed E-state index contributed by atoms with van der Waals surface area (Å²) in [6, 6.07) is 0. The summed E-state index contributed by atoms with van der Waals surface area (Å²) in [5, 5.41) is 28.3. The Balaban J connectivity index is 4.68. The molecule has 0 saturated heterocycles. The van der Waals surface area contributed by atoms with E-state index in [0.717, 1.165) is 32.2 Å². The number of aliphatic carboxylic acids is 3. The summed E-state index contributed by atoms with van der Waals surface area (Å²) in [7, 11) is 0. The molecular weight excluding hydrogens is 506 g/mol. The van der Waals surface area contributed by atoms with E-state index in [2.05, 4.69) is 19.1 Å². The molecule has 0 radical (unpaired) electrons. The number of quaternary nitrogens is 1. The van der Waals surface area contributed by atoms with E-state index in [1.807, 2.05) is 0 Å². The van der Waals surface area contributed by atoms with Crippen molar-refractivity contribution in [2.24, 2.45) is 17.8 Å². The zero-order valence-electron chi connectivity index (χ0n) is 26.2. The van der Waals surface area contributed by atoms with Gasteiger partial charge in [-0.1, -0.05) is 91.2 Å². The van der Waals surface area contributed by atoms with Crippen molar-refractivity contribution in [1.82, 2.24) is 0 Å². The molecule has 7 nitrogen and oxygen atoms in total. The zero-order valence-corrected chi connectivity index (χ0v) is 26.2. The lowest BCUT2D eigenvalue weighted by atomic mass is 10.0. The van der Waals surface area contributed by atoms with Crippen molar-refractivity contribution in [2.75, 3.05) is 26.2 Å². The molecule has 0 fully saturated rings. The lowest BCUT2D eigenvalue weighted by Gasteiger charge is -2.40. The quantitative estimate of drug-likeness (QED) is 0.0498. The van der Waals surface area contributed by atoms with Crippen LogP contribution in [0.4, 0.5) is 0 Å². The number of hydrogen-bond donors (Lipinski definition) is 3. The van der Waals surface area contributed by atoms with Gasteiger partial charge in [-0.3, -0.25) is 14.4 Å². The summed E-state index contributed by atoms with van der Waals surface area (Å²) in [4.78, 5) is 34.4. The Kier molecular flexibility index (Phi) is 22.7. The van der Waals surface area contributed by atoms with Crippen LogP contribution in [0.5, 0.6) is 0 Å². The van der Waals surface area contributed by atoms with Gasteiger partial charge in [0.2, 0.25) is 0 Å². The number of hydrogen-bond acceptors (Lipinski definition) is 3. The van der Waals surface area contributed by atoms with Gasteiger partial charge in [0.25, 0.3) is 0 Å². The highest BCUT2D eigenvalue weighted by Crippen LogP contribution is 2.22. The van der Waals surface area contributed by atoms with Crippen LogP contribution in [0, 0.1) is 17.8 Å². The van der Waals surface area contributed by atoms with Crippen LogP contribution in [0.2, 0.25) is 0 Å². The van der Waals surface area contributed by atoms with E-state index in [4.69, 9.17) is 0 Å². The standard InChI is InChI=1S/C33H61NO6/c1-5-6-7-8-9-10-11-12-13-14-15-16-17-18-19-20-24-34(25-21-28(2)31(35)36,26-22-29(3)32(37)38)27-23-30(4)33(39)40/h13-14,28-30H,5-12,15-27H2,1-4H3,(H2-,35,36,37,38,39,40)/p+1/b14-13+. The molecule has 0 amide bonds. The van der Waals surface area contributed by atoms with Crippen LogP contribution >= 0.6 is 0 Å².